The molecule has 1 saturated carbocycles. The Bertz CT molecular complexity index is 483. The number of hydrogen-bond donors (Lipinski definition) is 7. The van der Waals surface area contributed by atoms with Crippen LogP contribution in [0.1, 0.15) is 12.8 Å². The third-order valence-corrected chi connectivity index (χ3v) is 4.72. The zero-order chi connectivity index (χ0) is 18.7. The van der Waals surface area contributed by atoms with Gasteiger partial charge in [-0.05, 0) is 18.8 Å². The van der Waals surface area contributed by atoms with Crippen molar-refractivity contribution in [1.29, 1.82) is 0 Å². The topological polar surface area (TPSA) is 208 Å². The fourth-order valence-corrected chi connectivity index (χ4v) is 3.49. The summed E-state index contributed by atoms with van der Waals surface area (Å²) >= 11 is 0. The van der Waals surface area contributed by atoms with E-state index in [0.717, 1.165) is 0 Å². The van der Waals surface area contributed by atoms with E-state index in [4.69, 9.17) is 5.11 Å². The molecule has 1 rings (SSSR count). The van der Waals surface area contributed by atoms with Crippen LogP contribution in [0.25, 0.3) is 0 Å². The van der Waals surface area contributed by atoms with Gasteiger partial charge in [-0.2, -0.15) is 0 Å². The summed E-state index contributed by atoms with van der Waals surface area (Å²) in [5, 5.41) is 66.6. The third-order valence-electron chi connectivity index (χ3n) is 4.26. The van der Waals surface area contributed by atoms with Crippen LogP contribution in [0.3, 0.4) is 0 Å². The fourth-order valence-electron chi connectivity index (χ4n) is 2.97. The van der Waals surface area contributed by atoms with Crippen LogP contribution in [0.4, 0.5) is 0 Å². The molecule has 1 aliphatic rings. The van der Waals surface area contributed by atoms with Gasteiger partial charge in [0, 0.05) is 12.5 Å². The van der Waals surface area contributed by atoms with Crippen LogP contribution in [0.15, 0.2) is 0 Å². The quantitative estimate of drug-likeness (QED) is 0.151. The van der Waals surface area contributed by atoms with Crippen LogP contribution in [0, 0.1) is 11.8 Å². The molecule has 11 nitrogen and oxygen atoms in total. The van der Waals surface area contributed by atoms with Crippen LogP contribution in [0.5, 0.6) is 0 Å². The maximum atomic E-state index is 10.8. The molecule has 1 aliphatic carbocycles. The highest BCUT2D eigenvalue weighted by Gasteiger charge is 2.44. The molecule has 0 aromatic heterocycles. The summed E-state index contributed by atoms with van der Waals surface area (Å²) < 4.78 is 36.4. The fraction of sp³-hybridized carbons (Fsp3) is 1.00. The SMILES string of the molecule is O=S(=O)([O-])O[C@@H]([C@H](O)[C@H](O)CO)[C@@H](O)C[C@H]1C[C@H](O)[C@@H](O)[C@@H]1CO. The van der Waals surface area contributed by atoms with Crippen LogP contribution in [0.2, 0.25) is 0 Å². The average Bonchev–Trinajstić information content (AvgIpc) is 2.76. The molecular formula is C12H23O11S-. The Balaban J connectivity index is 2.89. The molecule has 8 atom stereocenters. The minimum Gasteiger partial charge on any atom is -0.726 e. The Morgan fingerprint density at radius 3 is 2.17 bits per heavy atom. The van der Waals surface area contributed by atoms with Gasteiger partial charge in [0.15, 0.2) is 0 Å². The largest absolute Gasteiger partial charge is 0.726 e. The van der Waals surface area contributed by atoms with E-state index in [-0.39, 0.29) is 12.8 Å². The Hall–Kier alpha value is -0.410. The summed E-state index contributed by atoms with van der Waals surface area (Å²) in [5.41, 5.74) is 0. The molecule has 0 aromatic rings. The summed E-state index contributed by atoms with van der Waals surface area (Å²) in [6.45, 7) is -1.49. The van der Waals surface area contributed by atoms with Crippen molar-refractivity contribution < 1.29 is 52.9 Å². The van der Waals surface area contributed by atoms with Gasteiger partial charge in [-0.1, -0.05) is 0 Å². The van der Waals surface area contributed by atoms with Crippen molar-refractivity contribution in [3.05, 3.63) is 0 Å². The second-order valence-corrected chi connectivity index (χ2v) is 6.92. The molecule has 1 fully saturated rings. The van der Waals surface area contributed by atoms with Gasteiger partial charge in [-0.15, -0.1) is 0 Å². The van der Waals surface area contributed by atoms with E-state index in [1.165, 1.54) is 0 Å². The van der Waals surface area contributed by atoms with E-state index < -0.39 is 72.1 Å². The minimum absolute atomic E-state index is 0.0149. The van der Waals surface area contributed by atoms with Crippen molar-refractivity contribution in [2.24, 2.45) is 11.8 Å². The maximum absolute atomic E-state index is 10.8. The van der Waals surface area contributed by atoms with E-state index in [1.807, 2.05) is 0 Å². The van der Waals surface area contributed by atoms with Crippen molar-refractivity contribution in [2.75, 3.05) is 13.2 Å². The van der Waals surface area contributed by atoms with Crippen LogP contribution < -0.4 is 0 Å². The Kier molecular flexibility index (Phi) is 7.93. The standard InChI is InChI=1S/C12H24O11S/c13-3-6-5(1-7(15)10(6)18)2-8(16)12(23-24(20,21)22)11(19)9(17)4-14/h5-19H,1-4H2,(H,20,21,22)/p-1/t5-,6-,7+,8+,9-,10+,11-,12-/m1/s1. The number of aliphatic hydroxyl groups excluding tert-OH is 7. The normalized spacial score (nSPS) is 33.2. The smallest absolute Gasteiger partial charge is 0.218 e. The Morgan fingerprint density at radius 2 is 1.71 bits per heavy atom. The summed E-state index contributed by atoms with van der Waals surface area (Å²) in [6, 6.07) is 0. The van der Waals surface area contributed by atoms with Crippen molar-refractivity contribution in [1.82, 2.24) is 0 Å². The monoisotopic (exact) mass is 375 g/mol. The highest BCUT2D eigenvalue weighted by atomic mass is 32.3. The van der Waals surface area contributed by atoms with Gasteiger partial charge < -0.3 is 40.3 Å². The van der Waals surface area contributed by atoms with Crippen LogP contribution in [-0.2, 0) is 14.6 Å². The first-order chi connectivity index (χ1) is 11.0. The molecule has 24 heavy (non-hydrogen) atoms. The lowest BCUT2D eigenvalue weighted by atomic mass is 9.87. The first kappa shape index (κ1) is 21.6. The number of hydrogen-bond acceptors (Lipinski definition) is 11. The Morgan fingerprint density at radius 1 is 1.12 bits per heavy atom. The first-order valence-electron chi connectivity index (χ1n) is 7.28. The molecule has 12 heteroatoms. The molecule has 0 heterocycles. The van der Waals surface area contributed by atoms with Crippen LogP contribution >= 0.6 is 0 Å². The second kappa shape index (κ2) is 8.80. The summed E-state index contributed by atoms with van der Waals surface area (Å²) in [6.07, 6.45) is -10.6. The molecule has 0 unspecified atom stereocenters. The van der Waals surface area contributed by atoms with Gasteiger partial charge in [0.25, 0.3) is 0 Å². The highest BCUT2D eigenvalue weighted by Crippen LogP contribution is 2.36. The van der Waals surface area contributed by atoms with Crippen molar-refractivity contribution in [2.45, 2.75) is 49.5 Å². The van der Waals surface area contributed by atoms with Gasteiger partial charge >= 0.3 is 0 Å². The van der Waals surface area contributed by atoms with E-state index in [2.05, 4.69) is 4.18 Å². The maximum Gasteiger partial charge on any atom is 0.218 e. The minimum atomic E-state index is -5.34. The summed E-state index contributed by atoms with van der Waals surface area (Å²) in [7, 11) is -5.34. The molecule has 0 aliphatic heterocycles. The lowest BCUT2D eigenvalue weighted by Crippen LogP contribution is -2.49. The zero-order valence-electron chi connectivity index (χ0n) is 12.6. The molecule has 0 spiro atoms. The average molecular weight is 375 g/mol. The van der Waals surface area contributed by atoms with Gasteiger partial charge in [-0.3, -0.25) is 4.18 Å². The molecule has 0 bridgehead atoms. The Labute approximate surface area is 138 Å². The van der Waals surface area contributed by atoms with Gasteiger partial charge in [0.05, 0.1) is 24.9 Å². The van der Waals surface area contributed by atoms with E-state index in [1.54, 1.807) is 0 Å². The summed E-state index contributed by atoms with van der Waals surface area (Å²) in [4.78, 5) is 0. The van der Waals surface area contributed by atoms with Crippen LogP contribution in [-0.4, -0.2) is 98.6 Å². The first-order valence-corrected chi connectivity index (χ1v) is 8.61. The predicted octanol–water partition coefficient (Wildman–Crippen LogP) is -4.35. The molecular weight excluding hydrogens is 352 g/mol. The number of aliphatic hydroxyl groups is 7. The van der Waals surface area contributed by atoms with Crippen molar-refractivity contribution >= 4 is 10.4 Å². The molecule has 7 N–H and O–H groups in total. The zero-order valence-corrected chi connectivity index (χ0v) is 13.4. The molecule has 144 valence electrons. The van der Waals surface area contributed by atoms with Gasteiger partial charge in [0.1, 0.15) is 18.3 Å². The van der Waals surface area contributed by atoms with Gasteiger partial charge in [0.2, 0.25) is 10.4 Å². The number of rotatable bonds is 9. The lowest BCUT2D eigenvalue weighted by Gasteiger charge is -2.32. The van der Waals surface area contributed by atoms with E-state index in [0.29, 0.717) is 0 Å². The molecule has 0 radical (unpaired) electrons. The van der Waals surface area contributed by atoms with Crippen molar-refractivity contribution in [3.63, 3.8) is 0 Å². The second-order valence-electron chi connectivity index (χ2n) is 5.91. The predicted molar refractivity (Wildman–Crippen MR) is 75.0 cm³/mol. The highest BCUT2D eigenvalue weighted by molar-refractivity contribution is 7.80. The third kappa shape index (κ3) is 5.56. The lowest BCUT2D eigenvalue weighted by molar-refractivity contribution is -0.111. The van der Waals surface area contributed by atoms with Crippen molar-refractivity contribution in [3.8, 4) is 0 Å². The van der Waals surface area contributed by atoms with Gasteiger partial charge in [-0.25, -0.2) is 8.42 Å². The molecule has 0 amide bonds. The summed E-state index contributed by atoms with van der Waals surface area (Å²) in [5.74, 6) is -1.46. The molecule has 0 saturated heterocycles. The van der Waals surface area contributed by atoms with E-state index in [9.17, 15) is 43.6 Å². The van der Waals surface area contributed by atoms with E-state index >= 15 is 0 Å². The molecule has 0 aromatic carbocycles.